The molecule has 1 aliphatic carbocycles. The second kappa shape index (κ2) is 7.19. The Hall–Kier alpha value is -1.60. The molecule has 1 aromatic carbocycles. The van der Waals surface area contributed by atoms with Crippen molar-refractivity contribution in [2.24, 2.45) is 5.41 Å². The zero-order valence-corrected chi connectivity index (χ0v) is 16.6. The van der Waals surface area contributed by atoms with E-state index in [0.717, 1.165) is 51.4 Å². The number of ether oxygens (including phenoxy) is 1. The Morgan fingerprint density at radius 1 is 1.23 bits per heavy atom. The van der Waals surface area contributed by atoms with Crippen molar-refractivity contribution in [3.63, 3.8) is 0 Å². The van der Waals surface area contributed by atoms with Crippen LogP contribution in [0.1, 0.15) is 42.5 Å². The lowest BCUT2D eigenvalue weighted by atomic mass is 9.76. The predicted octanol–water partition coefficient (Wildman–Crippen LogP) is 2.50. The fourth-order valence-electron chi connectivity index (χ4n) is 4.46. The summed E-state index contributed by atoms with van der Waals surface area (Å²) in [4.78, 5) is 14.9. The fourth-order valence-corrected chi connectivity index (χ4v) is 4.97. The number of rotatable bonds is 4. The molecular formula is C19H28N2O4S. The maximum Gasteiger partial charge on any atom is 0.253 e. The van der Waals surface area contributed by atoms with Gasteiger partial charge in [-0.2, -0.15) is 0 Å². The molecule has 0 bridgehead atoms. The van der Waals surface area contributed by atoms with Gasteiger partial charge in [0.15, 0.2) is 0 Å². The van der Waals surface area contributed by atoms with Crippen LogP contribution in [0.5, 0.6) is 0 Å². The molecular weight excluding hydrogens is 352 g/mol. The first-order valence-electron chi connectivity index (χ1n) is 9.13. The van der Waals surface area contributed by atoms with Gasteiger partial charge in [-0.1, -0.05) is 6.42 Å². The van der Waals surface area contributed by atoms with Crippen LogP contribution in [0.3, 0.4) is 0 Å². The van der Waals surface area contributed by atoms with Crippen LogP contribution >= 0.6 is 0 Å². The molecule has 0 aromatic heterocycles. The summed E-state index contributed by atoms with van der Waals surface area (Å²) in [7, 11) is -0.0309. The van der Waals surface area contributed by atoms with Crippen LogP contribution in [-0.4, -0.2) is 58.8 Å². The summed E-state index contributed by atoms with van der Waals surface area (Å²) in [5.41, 5.74) is 1.24. The fraction of sp³-hybridized carbons (Fsp3) is 0.632. The molecule has 1 aliphatic heterocycles. The van der Waals surface area contributed by atoms with Gasteiger partial charge in [-0.25, -0.2) is 8.42 Å². The predicted molar refractivity (Wildman–Crippen MR) is 102 cm³/mol. The van der Waals surface area contributed by atoms with E-state index >= 15 is 0 Å². The van der Waals surface area contributed by atoms with Gasteiger partial charge in [-0.3, -0.25) is 9.10 Å². The second-order valence-corrected chi connectivity index (χ2v) is 9.60. The molecule has 1 aromatic rings. The minimum Gasteiger partial charge on any atom is -0.381 e. The summed E-state index contributed by atoms with van der Waals surface area (Å²) in [5.74, 6) is 0.0133. The third kappa shape index (κ3) is 3.60. The largest absolute Gasteiger partial charge is 0.381 e. The normalized spacial score (nSPS) is 26.3. The molecule has 1 amide bonds. The van der Waals surface area contributed by atoms with Crippen molar-refractivity contribution in [3.05, 3.63) is 29.8 Å². The van der Waals surface area contributed by atoms with Crippen molar-refractivity contribution >= 4 is 21.6 Å². The van der Waals surface area contributed by atoms with E-state index in [9.17, 15) is 13.2 Å². The zero-order chi connectivity index (χ0) is 18.9. The number of hydrogen-bond donors (Lipinski definition) is 0. The Labute approximate surface area is 156 Å². The Kier molecular flexibility index (Phi) is 5.30. The van der Waals surface area contributed by atoms with E-state index in [2.05, 4.69) is 0 Å². The SMILES string of the molecule is COC1CCC[C@]12CCCN(C(=O)c1ccc(N(C)S(C)(=O)=O)cc1)C2. The van der Waals surface area contributed by atoms with Crippen molar-refractivity contribution in [1.29, 1.82) is 0 Å². The van der Waals surface area contributed by atoms with Gasteiger partial charge in [-0.05, 0) is 49.9 Å². The molecule has 1 unspecified atom stereocenters. The van der Waals surface area contributed by atoms with Crippen LogP contribution in [0, 0.1) is 5.41 Å². The number of carbonyl (C=O) groups excluding carboxylic acids is 1. The minimum absolute atomic E-state index is 0.0133. The third-order valence-electron chi connectivity index (χ3n) is 5.98. The molecule has 2 aliphatic rings. The smallest absolute Gasteiger partial charge is 0.253 e. The Balaban J connectivity index is 1.75. The monoisotopic (exact) mass is 380 g/mol. The molecule has 1 spiro atoms. The highest BCUT2D eigenvalue weighted by molar-refractivity contribution is 7.92. The van der Waals surface area contributed by atoms with Crippen LogP contribution in [0.15, 0.2) is 24.3 Å². The molecule has 6 nitrogen and oxygen atoms in total. The van der Waals surface area contributed by atoms with Gasteiger partial charge in [-0.15, -0.1) is 0 Å². The number of likely N-dealkylation sites (tertiary alicyclic amines) is 1. The molecule has 26 heavy (non-hydrogen) atoms. The van der Waals surface area contributed by atoms with Gasteiger partial charge in [0, 0.05) is 38.2 Å². The van der Waals surface area contributed by atoms with Gasteiger partial charge >= 0.3 is 0 Å². The number of benzene rings is 1. The average molecular weight is 381 g/mol. The van der Waals surface area contributed by atoms with E-state index in [-0.39, 0.29) is 17.4 Å². The molecule has 144 valence electrons. The standard InChI is InChI=1S/C19H28N2O4S/c1-20(26(3,23)24)16-9-7-15(8-10-16)18(22)21-13-5-12-19(14-21)11-4-6-17(19)25-2/h7-10,17H,4-6,11-14H2,1-3H3/t17?,19-/m1/s1. The van der Waals surface area contributed by atoms with Gasteiger partial charge < -0.3 is 9.64 Å². The number of sulfonamides is 1. The molecule has 2 fully saturated rings. The lowest BCUT2D eigenvalue weighted by Crippen LogP contribution is -2.49. The quantitative estimate of drug-likeness (QED) is 0.805. The number of amides is 1. The molecule has 2 atom stereocenters. The summed E-state index contributed by atoms with van der Waals surface area (Å²) in [6.45, 7) is 1.51. The lowest BCUT2D eigenvalue weighted by molar-refractivity contribution is -0.0295. The van der Waals surface area contributed by atoms with Crippen LogP contribution in [-0.2, 0) is 14.8 Å². The third-order valence-corrected chi connectivity index (χ3v) is 7.19. The Morgan fingerprint density at radius 2 is 1.88 bits per heavy atom. The summed E-state index contributed by atoms with van der Waals surface area (Å²) in [5, 5.41) is 0. The molecule has 1 saturated carbocycles. The molecule has 1 saturated heterocycles. The van der Waals surface area contributed by atoms with E-state index in [0.29, 0.717) is 11.3 Å². The molecule has 0 N–H and O–H groups in total. The highest BCUT2D eigenvalue weighted by Gasteiger charge is 2.46. The van der Waals surface area contributed by atoms with E-state index in [1.54, 1.807) is 31.4 Å². The number of methoxy groups -OCH3 is 1. The Bertz CT molecular complexity index is 762. The zero-order valence-electron chi connectivity index (χ0n) is 15.8. The topological polar surface area (TPSA) is 66.9 Å². The molecule has 3 rings (SSSR count). The van der Waals surface area contributed by atoms with Crippen molar-refractivity contribution < 1.29 is 17.9 Å². The van der Waals surface area contributed by atoms with E-state index in [1.165, 1.54) is 11.4 Å². The van der Waals surface area contributed by atoms with Crippen LogP contribution in [0.4, 0.5) is 5.69 Å². The number of anilines is 1. The number of piperidine rings is 1. The summed E-state index contributed by atoms with van der Waals surface area (Å²) >= 11 is 0. The first-order valence-corrected chi connectivity index (χ1v) is 11.0. The van der Waals surface area contributed by atoms with Crippen molar-refractivity contribution in [3.8, 4) is 0 Å². The lowest BCUT2D eigenvalue weighted by Gasteiger charge is -2.43. The summed E-state index contributed by atoms with van der Waals surface area (Å²) in [6.07, 6.45) is 6.87. The van der Waals surface area contributed by atoms with Crippen molar-refractivity contribution in [1.82, 2.24) is 4.90 Å². The maximum atomic E-state index is 13.0. The first kappa shape index (κ1) is 19.2. The van der Waals surface area contributed by atoms with Crippen molar-refractivity contribution in [2.45, 2.75) is 38.2 Å². The number of carbonyl (C=O) groups is 1. The number of hydrogen-bond acceptors (Lipinski definition) is 4. The second-order valence-electron chi connectivity index (χ2n) is 7.59. The summed E-state index contributed by atoms with van der Waals surface area (Å²) < 4.78 is 30.2. The van der Waals surface area contributed by atoms with Gasteiger partial charge in [0.05, 0.1) is 18.0 Å². The average Bonchev–Trinajstić information content (AvgIpc) is 3.01. The molecule has 7 heteroatoms. The van der Waals surface area contributed by atoms with Gasteiger partial charge in [0.2, 0.25) is 10.0 Å². The van der Waals surface area contributed by atoms with Crippen LogP contribution in [0.2, 0.25) is 0 Å². The maximum absolute atomic E-state index is 13.0. The van der Waals surface area contributed by atoms with Gasteiger partial charge in [0.25, 0.3) is 5.91 Å². The Morgan fingerprint density at radius 3 is 2.50 bits per heavy atom. The number of nitrogens with zero attached hydrogens (tertiary/aromatic N) is 2. The summed E-state index contributed by atoms with van der Waals surface area (Å²) in [6, 6.07) is 6.79. The minimum atomic E-state index is -3.31. The van der Waals surface area contributed by atoms with E-state index in [1.807, 2.05) is 4.90 Å². The molecule has 0 radical (unpaired) electrons. The van der Waals surface area contributed by atoms with Crippen molar-refractivity contribution in [2.75, 3.05) is 37.8 Å². The van der Waals surface area contributed by atoms with Gasteiger partial charge in [0.1, 0.15) is 0 Å². The highest BCUT2D eigenvalue weighted by atomic mass is 32.2. The van der Waals surface area contributed by atoms with E-state index in [4.69, 9.17) is 4.74 Å². The van der Waals surface area contributed by atoms with Crippen LogP contribution < -0.4 is 4.31 Å². The van der Waals surface area contributed by atoms with Crippen LogP contribution in [0.25, 0.3) is 0 Å². The van der Waals surface area contributed by atoms with E-state index < -0.39 is 10.0 Å². The molecule has 1 heterocycles. The first-order chi connectivity index (χ1) is 12.3. The highest BCUT2D eigenvalue weighted by Crippen LogP contribution is 2.46.